The minimum absolute atomic E-state index is 0.154. The molecule has 3 rings (SSSR count). The summed E-state index contributed by atoms with van der Waals surface area (Å²) >= 11 is 0. The molecule has 1 atom stereocenters. The second kappa shape index (κ2) is 6.91. The van der Waals surface area contributed by atoms with E-state index in [1.54, 1.807) is 4.90 Å². The number of hydrogen-bond donors (Lipinski definition) is 0. The summed E-state index contributed by atoms with van der Waals surface area (Å²) in [5.74, 6) is 1.07. The average molecular weight is 329 g/mol. The number of fused-ring (bicyclic) bond motifs is 1. The van der Waals surface area contributed by atoms with Crippen molar-refractivity contribution in [3.63, 3.8) is 0 Å². The minimum atomic E-state index is 0.154. The van der Waals surface area contributed by atoms with E-state index in [0.717, 1.165) is 36.4 Å². The minimum Gasteiger partial charge on any atom is -0.337 e. The number of carbonyl (C=O) groups excluding carboxylic acids is 1. The van der Waals surface area contributed by atoms with E-state index in [0.29, 0.717) is 19.1 Å². The topological polar surface area (TPSA) is 44.6 Å². The van der Waals surface area contributed by atoms with E-state index >= 15 is 0 Å². The Morgan fingerprint density at radius 3 is 2.71 bits per heavy atom. The van der Waals surface area contributed by atoms with E-state index in [4.69, 9.17) is 0 Å². The molecule has 130 valence electrons. The van der Waals surface area contributed by atoms with Crippen molar-refractivity contribution in [1.29, 1.82) is 0 Å². The maximum Gasteiger partial charge on any atom is 0.236 e. The summed E-state index contributed by atoms with van der Waals surface area (Å²) in [6, 6.07) is 8.62. The SMILES string of the molecule is CN(Cc1nc2ccccc2n1C)C(=O)CN1CC[C@H](N(C)C)C1. The lowest BCUT2D eigenvalue weighted by Gasteiger charge is -2.23. The molecule has 1 aromatic heterocycles. The number of carbonyl (C=O) groups is 1. The fourth-order valence-corrected chi connectivity index (χ4v) is 3.33. The molecule has 2 heterocycles. The summed E-state index contributed by atoms with van der Waals surface area (Å²) in [6.45, 7) is 2.99. The molecule has 0 unspecified atom stereocenters. The van der Waals surface area contributed by atoms with Crippen molar-refractivity contribution in [2.24, 2.45) is 7.05 Å². The van der Waals surface area contributed by atoms with Gasteiger partial charge in [-0.05, 0) is 32.6 Å². The van der Waals surface area contributed by atoms with Gasteiger partial charge < -0.3 is 14.4 Å². The van der Waals surface area contributed by atoms with E-state index in [-0.39, 0.29) is 5.91 Å². The molecular formula is C18H27N5O. The number of likely N-dealkylation sites (N-methyl/N-ethyl adjacent to an activating group) is 2. The van der Waals surface area contributed by atoms with Crippen molar-refractivity contribution >= 4 is 16.9 Å². The van der Waals surface area contributed by atoms with Gasteiger partial charge in [0.05, 0.1) is 24.1 Å². The Kier molecular flexibility index (Phi) is 4.87. The average Bonchev–Trinajstić information content (AvgIpc) is 3.13. The summed E-state index contributed by atoms with van der Waals surface area (Å²) in [5, 5.41) is 0. The third-order valence-electron chi connectivity index (χ3n) is 5.02. The highest BCUT2D eigenvalue weighted by Crippen LogP contribution is 2.16. The van der Waals surface area contributed by atoms with E-state index in [2.05, 4.69) is 39.5 Å². The van der Waals surface area contributed by atoms with Crippen molar-refractivity contribution in [3.05, 3.63) is 30.1 Å². The number of likely N-dealkylation sites (tertiary alicyclic amines) is 1. The molecule has 24 heavy (non-hydrogen) atoms. The number of aromatic nitrogens is 2. The Morgan fingerprint density at radius 1 is 1.29 bits per heavy atom. The second-order valence-electron chi connectivity index (χ2n) is 6.97. The van der Waals surface area contributed by atoms with Crippen LogP contribution in [0.25, 0.3) is 11.0 Å². The molecule has 0 N–H and O–H groups in total. The molecule has 2 aromatic rings. The van der Waals surface area contributed by atoms with E-state index in [1.807, 2.05) is 32.3 Å². The normalized spacial score (nSPS) is 18.6. The van der Waals surface area contributed by atoms with E-state index in [9.17, 15) is 4.79 Å². The molecule has 1 aromatic carbocycles. The van der Waals surface area contributed by atoms with Crippen LogP contribution in [-0.2, 0) is 18.4 Å². The standard InChI is InChI=1S/C18H27N5O/c1-20(2)14-9-10-23(11-14)13-18(24)21(3)12-17-19-15-7-5-6-8-16(15)22(17)4/h5-8,14H,9-13H2,1-4H3/t14-/m0/s1. The molecule has 6 nitrogen and oxygen atoms in total. The second-order valence-corrected chi connectivity index (χ2v) is 6.97. The number of para-hydroxylation sites is 2. The van der Waals surface area contributed by atoms with Crippen LogP contribution in [0.15, 0.2) is 24.3 Å². The van der Waals surface area contributed by atoms with Gasteiger partial charge in [0.2, 0.25) is 5.91 Å². The Balaban J connectivity index is 1.61. The van der Waals surface area contributed by atoms with Gasteiger partial charge in [0.15, 0.2) is 0 Å². The summed E-state index contributed by atoms with van der Waals surface area (Å²) in [4.78, 5) is 23.5. The molecule has 0 aliphatic carbocycles. The van der Waals surface area contributed by atoms with Gasteiger partial charge >= 0.3 is 0 Å². The van der Waals surface area contributed by atoms with Crippen LogP contribution in [0.3, 0.4) is 0 Å². The largest absolute Gasteiger partial charge is 0.337 e. The van der Waals surface area contributed by atoms with Gasteiger partial charge in [0.1, 0.15) is 5.82 Å². The third kappa shape index (κ3) is 3.44. The molecule has 0 radical (unpaired) electrons. The van der Waals surface area contributed by atoms with Crippen molar-refractivity contribution in [2.75, 3.05) is 40.8 Å². The molecule has 1 aliphatic rings. The molecule has 0 spiro atoms. The molecule has 1 fully saturated rings. The summed E-state index contributed by atoms with van der Waals surface area (Å²) in [6.07, 6.45) is 1.13. The molecule has 0 saturated carbocycles. The quantitative estimate of drug-likeness (QED) is 0.826. The molecular weight excluding hydrogens is 302 g/mol. The van der Waals surface area contributed by atoms with Gasteiger partial charge in [-0.2, -0.15) is 0 Å². The molecule has 6 heteroatoms. The number of aryl methyl sites for hydroxylation is 1. The smallest absolute Gasteiger partial charge is 0.236 e. The lowest BCUT2D eigenvalue weighted by Crippen LogP contribution is -2.39. The highest BCUT2D eigenvalue weighted by atomic mass is 16.2. The van der Waals surface area contributed by atoms with E-state index in [1.165, 1.54) is 0 Å². The number of benzene rings is 1. The molecule has 1 aliphatic heterocycles. The first kappa shape index (κ1) is 16.9. The van der Waals surface area contributed by atoms with Crippen molar-refractivity contribution in [2.45, 2.75) is 19.0 Å². The van der Waals surface area contributed by atoms with Crippen molar-refractivity contribution < 1.29 is 4.79 Å². The Bertz CT molecular complexity index is 723. The van der Waals surface area contributed by atoms with E-state index < -0.39 is 0 Å². The van der Waals surface area contributed by atoms with Gasteiger partial charge in [-0.25, -0.2) is 4.98 Å². The van der Waals surface area contributed by atoms with Crippen LogP contribution >= 0.6 is 0 Å². The molecule has 1 saturated heterocycles. The number of hydrogen-bond acceptors (Lipinski definition) is 4. The van der Waals surface area contributed by atoms with Gasteiger partial charge in [-0.3, -0.25) is 9.69 Å². The van der Waals surface area contributed by atoms with Crippen LogP contribution in [0.4, 0.5) is 0 Å². The lowest BCUT2D eigenvalue weighted by molar-refractivity contribution is -0.131. The Hall–Kier alpha value is -1.92. The number of imidazole rings is 1. The zero-order chi connectivity index (χ0) is 17.3. The van der Waals surface area contributed by atoms with Gasteiger partial charge in [-0.15, -0.1) is 0 Å². The number of rotatable bonds is 5. The zero-order valence-corrected chi connectivity index (χ0v) is 15.1. The Morgan fingerprint density at radius 2 is 2.04 bits per heavy atom. The van der Waals surface area contributed by atoms with Gasteiger partial charge in [-0.1, -0.05) is 12.1 Å². The van der Waals surface area contributed by atoms with Crippen molar-refractivity contribution in [1.82, 2.24) is 24.3 Å². The first-order chi connectivity index (χ1) is 11.5. The van der Waals surface area contributed by atoms with Crippen LogP contribution in [0, 0.1) is 0 Å². The summed E-state index contributed by atoms with van der Waals surface area (Å²) in [7, 11) is 8.08. The lowest BCUT2D eigenvalue weighted by atomic mass is 10.2. The number of nitrogens with zero attached hydrogens (tertiary/aromatic N) is 5. The predicted octanol–water partition coefficient (Wildman–Crippen LogP) is 1.17. The van der Waals surface area contributed by atoms with Crippen LogP contribution < -0.4 is 0 Å². The molecule has 1 amide bonds. The highest BCUT2D eigenvalue weighted by molar-refractivity contribution is 5.78. The van der Waals surface area contributed by atoms with Crippen LogP contribution in [0.2, 0.25) is 0 Å². The fraction of sp³-hybridized carbons (Fsp3) is 0.556. The monoisotopic (exact) mass is 329 g/mol. The van der Waals surface area contributed by atoms with Crippen molar-refractivity contribution in [3.8, 4) is 0 Å². The zero-order valence-electron chi connectivity index (χ0n) is 15.1. The maximum atomic E-state index is 12.5. The highest BCUT2D eigenvalue weighted by Gasteiger charge is 2.26. The molecule has 0 bridgehead atoms. The van der Waals surface area contributed by atoms with Crippen LogP contribution in [0.1, 0.15) is 12.2 Å². The fourth-order valence-electron chi connectivity index (χ4n) is 3.33. The van der Waals surface area contributed by atoms with Gasteiger partial charge in [0.25, 0.3) is 0 Å². The van der Waals surface area contributed by atoms with Crippen LogP contribution in [0.5, 0.6) is 0 Å². The predicted molar refractivity (Wildman–Crippen MR) is 95.7 cm³/mol. The maximum absolute atomic E-state index is 12.5. The summed E-state index contributed by atoms with van der Waals surface area (Å²) in [5.41, 5.74) is 2.07. The Labute approximate surface area is 143 Å². The third-order valence-corrected chi connectivity index (χ3v) is 5.02. The number of amides is 1. The first-order valence-electron chi connectivity index (χ1n) is 8.49. The van der Waals surface area contributed by atoms with Gasteiger partial charge in [0, 0.05) is 33.2 Å². The first-order valence-corrected chi connectivity index (χ1v) is 8.49. The van der Waals surface area contributed by atoms with Crippen LogP contribution in [-0.4, -0.2) is 77.0 Å². The summed E-state index contributed by atoms with van der Waals surface area (Å²) < 4.78 is 2.07.